The van der Waals surface area contributed by atoms with E-state index in [0.29, 0.717) is 102 Å². The van der Waals surface area contributed by atoms with E-state index >= 15 is 0 Å². The Bertz CT molecular complexity index is 3420. The van der Waals surface area contributed by atoms with Crippen LogP contribution in [0.25, 0.3) is 0 Å². The summed E-state index contributed by atoms with van der Waals surface area (Å²) >= 11 is 0. The highest BCUT2D eigenvalue weighted by Gasteiger charge is 2.37. The first kappa shape index (κ1) is 103. The first-order valence-electron chi connectivity index (χ1n) is 40.1. The predicted molar refractivity (Wildman–Crippen MR) is 442 cm³/mol. The number of hydrogen-bond donors (Lipinski definition) is 13. The average molecular weight is 1650 g/mol. The van der Waals surface area contributed by atoms with E-state index in [0.717, 1.165) is 18.9 Å². The molecule has 0 bridgehead atoms. The van der Waals surface area contributed by atoms with Gasteiger partial charge in [0.05, 0.1) is 18.8 Å². The molecule has 660 valence electrons. The van der Waals surface area contributed by atoms with E-state index in [1.54, 1.807) is 69.2 Å². The first-order valence-corrected chi connectivity index (χ1v) is 40.1. The number of carbonyl (C=O) groups excluding carboxylic acids is 10. The molecule has 6 atom stereocenters. The predicted octanol–water partition coefficient (Wildman–Crippen LogP) is 10.8. The molecule has 0 aliphatic rings. The molecule has 2 heterocycles. The molecular weight excluding hydrogens is 1500 g/mol. The molecule has 11 amide bonds. The zero-order valence-electron chi connectivity index (χ0n) is 73.6. The van der Waals surface area contributed by atoms with Crippen LogP contribution in [0.15, 0.2) is 34.4 Å². The number of hydrogen-bond acceptors (Lipinski definition) is 22. The highest BCUT2D eigenvalue weighted by molar-refractivity contribution is 5.88. The zero-order valence-corrected chi connectivity index (χ0v) is 73.6. The van der Waals surface area contributed by atoms with Crippen LogP contribution < -0.4 is 69.6 Å². The number of ether oxygens (including phenoxy) is 8. The van der Waals surface area contributed by atoms with E-state index in [-0.39, 0.29) is 95.6 Å². The number of aryl methyl sites for hydroxylation is 2. The second-order valence-corrected chi connectivity index (χ2v) is 36.3. The van der Waals surface area contributed by atoms with Gasteiger partial charge in [-0.15, -0.1) is 0 Å². The van der Waals surface area contributed by atoms with Gasteiger partial charge in [-0.05, 0) is 180 Å². The molecule has 0 aliphatic carbocycles. The van der Waals surface area contributed by atoms with Gasteiger partial charge in [0.2, 0.25) is 11.9 Å². The van der Waals surface area contributed by atoms with Crippen LogP contribution in [0.3, 0.4) is 0 Å². The zero-order chi connectivity index (χ0) is 88.2. The van der Waals surface area contributed by atoms with E-state index < -0.39 is 113 Å². The van der Waals surface area contributed by atoms with Crippen LogP contribution in [0.4, 0.5) is 45.5 Å². The number of amides is 11. The molecule has 2 aromatic heterocycles. The van der Waals surface area contributed by atoms with Crippen LogP contribution in [-0.4, -0.2) is 200 Å². The minimum absolute atomic E-state index is 0.0608. The summed E-state index contributed by atoms with van der Waals surface area (Å²) in [7, 11) is 0. The number of esters is 1. The number of urea groups is 2. The van der Waals surface area contributed by atoms with Gasteiger partial charge < -0.3 is 85.7 Å². The van der Waals surface area contributed by atoms with Crippen molar-refractivity contribution in [2.45, 2.75) is 271 Å². The number of rotatable bonds is 51. The van der Waals surface area contributed by atoms with E-state index in [2.05, 4.69) is 113 Å². The largest absolute Gasteiger partial charge is 0.461 e. The Morgan fingerprint density at radius 3 is 1.16 bits per heavy atom. The van der Waals surface area contributed by atoms with Crippen molar-refractivity contribution in [1.82, 2.24) is 67.8 Å². The van der Waals surface area contributed by atoms with Gasteiger partial charge in [0.25, 0.3) is 22.9 Å². The third kappa shape index (κ3) is 46.5. The Morgan fingerprint density at radius 1 is 0.440 bits per heavy atom. The van der Waals surface area contributed by atoms with Crippen LogP contribution >= 0.6 is 0 Å². The maximum Gasteiger partial charge on any atom is 0.407 e. The summed E-state index contributed by atoms with van der Waals surface area (Å²) in [6.07, 6.45) is 0.791. The first-order chi connectivity index (χ1) is 53.5. The normalized spacial score (nSPS) is 14.0. The number of aromatic amines is 2. The second-order valence-electron chi connectivity index (χ2n) is 36.3. The summed E-state index contributed by atoms with van der Waals surface area (Å²) in [5.41, 5.74) is -5.42. The Kier molecular flexibility index (Phi) is 42.4. The molecular formula is C81H141N15O20. The Hall–Kier alpha value is -9.28. The van der Waals surface area contributed by atoms with E-state index in [1.165, 1.54) is 12.1 Å². The highest BCUT2D eigenvalue weighted by atomic mass is 16.6. The van der Waals surface area contributed by atoms with Crippen molar-refractivity contribution < 1.29 is 85.8 Å². The lowest BCUT2D eigenvalue weighted by Gasteiger charge is -2.33. The molecule has 2 aromatic rings. The van der Waals surface area contributed by atoms with Crippen molar-refractivity contribution in [3.05, 3.63) is 56.9 Å². The molecule has 0 aliphatic heterocycles. The summed E-state index contributed by atoms with van der Waals surface area (Å²) < 4.78 is 45.4. The SMILES string of the molecule is C=CC(=O)OCCNC(=O)OC(COC(=O)NCC(C)(C)CC(C)CCNC(=O)C(C)(C)OC(C)CC(C)(C)OC(=O)NCCC(C)(C)CC(C)CNC(=O)Nc1nc(C)cc(=O)[nH]1)COC(=O)NCC(C)(C)CC(C)CCNC(=O)C(C)(C)OC(C)CC(C)(C)OC(=O)NCCC(C)(C)CC(C)CNC(=O)Nc1nc(C)cc(=O)[nH]1. The quantitative estimate of drug-likeness (QED) is 0.0127. The van der Waals surface area contributed by atoms with Gasteiger partial charge in [-0.1, -0.05) is 89.7 Å². The number of anilines is 2. The van der Waals surface area contributed by atoms with Crippen molar-refractivity contribution in [2.24, 2.45) is 45.3 Å². The third-order valence-corrected chi connectivity index (χ3v) is 18.7. The average Bonchev–Trinajstić information content (AvgIpc) is 0.793. The summed E-state index contributed by atoms with van der Waals surface area (Å²) in [6.45, 7) is 49.5. The number of nitrogens with one attached hydrogen (secondary N) is 13. The maximum absolute atomic E-state index is 13.5. The fraction of sp³-hybridized carbons (Fsp3) is 0.753. The summed E-state index contributed by atoms with van der Waals surface area (Å²) in [5, 5.41) is 30.3. The Morgan fingerprint density at radius 2 is 0.802 bits per heavy atom. The minimum Gasteiger partial charge on any atom is -0.461 e. The van der Waals surface area contributed by atoms with Crippen LogP contribution in [0.5, 0.6) is 0 Å². The Balaban J connectivity index is 1.79. The molecule has 0 aromatic carbocycles. The molecule has 116 heavy (non-hydrogen) atoms. The summed E-state index contributed by atoms with van der Waals surface area (Å²) in [4.78, 5) is 165. The number of alkyl carbamates (subject to hydrolysis) is 5. The lowest BCUT2D eigenvalue weighted by atomic mass is 9.80. The fourth-order valence-electron chi connectivity index (χ4n) is 13.9. The smallest absolute Gasteiger partial charge is 0.407 e. The topological polar surface area (TPSA) is 468 Å². The number of carbonyl (C=O) groups is 10. The van der Waals surface area contributed by atoms with E-state index in [9.17, 15) is 57.5 Å². The maximum atomic E-state index is 13.5. The van der Waals surface area contributed by atoms with Gasteiger partial charge in [-0.3, -0.25) is 39.8 Å². The summed E-state index contributed by atoms with van der Waals surface area (Å²) in [6, 6.07) is 1.68. The number of H-pyrrole nitrogens is 2. The Labute approximate surface area is 685 Å². The lowest BCUT2D eigenvalue weighted by Crippen LogP contribution is -2.47. The van der Waals surface area contributed by atoms with Crippen LogP contribution in [0, 0.1) is 59.2 Å². The van der Waals surface area contributed by atoms with Gasteiger partial charge in [0.1, 0.15) is 42.2 Å². The van der Waals surface area contributed by atoms with Crippen molar-refractivity contribution >= 4 is 72.2 Å². The van der Waals surface area contributed by atoms with Gasteiger partial charge in [-0.2, -0.15) is 0 Å². The van der Waals surface area contributed by atoms with Crippen LogP contribution in [-0.2, 0) is 52.3 Å². The monoisotopic (exact) mass is 1640 g/mol. The molecule has 35 nitrogen and oxygen atoms in total. The second kappa shape index (κ2) is 47.8. The summed E-state index contributed by atoms with van der Waals surface area (Å²) in [5.74, 6) is -0.849. The molecule has 35 heteroatoms. The van der Waals surface area contributed by atoms with Gasteiger partial charge in [0, 0.05) is 94.8 Å². The molecule has 0 saturated carbocycles. The highest BCUT2D eigenvalue weighted by Crippen LogP contribution is 2.33. The molecule has 2 rings (SSSR count). The van der Waals surface area contributed by atoms with Gasteiger partial charge >= 0.3 is 48.5 Å². The molecule has 0 saturated heterocycles. The number of aromatic nitrogens is 4. The third-order valence-electron chi connectivity index (χ3n) is 18.7. The molecule has 6 unspecified atom stereocenters. The lowest BCUT2D eigenvalue weighted by molar-refractivity contribution is -0.152. The van der Waals surface area contributed by atoms with E-state index in [1.807, 2.05) is 69.2 Å². The van der Waals surface area contributed by atoms with E-state index in [4.69, 9.17) is 37.9 Å². The van der Waals surface area contributed by atoms with Gasteiger partial charge in [-0.25, -0.2) is 48.3 Å². The van der Waals surface area contributed by atoms with Crippen LogP contribution in [0.2, 0.25) is 0 Å². The minimum atomic E-state index is -1.27. The molecule has 13 N–H and O–H groups in total. The standard InChI is InChI=1S/C81H141N15O20/c1-26-62(99)109-36-35-86-71(106)112-59(47-110-69(104)89-49-76(14,15)39-51(2)27-31-82-63(100)80(22,23)113-57(8)43-78(18,19)115-72(107)84-33-29-74(10,11)41-53(4)45-87-67(102)95-65-91-55(6)37-60(97)93-65)48-111-70(105)90-50-77(16,17)40-52(3)28-32-83-64(101)81(24,25)114-58(9)44-79(20,21)116-73(108)85-34-30-75(12,13)42-54(5)46-88-68(103)96-66-92-56(7)38-61(98)94-66/h26,37-38,51-54,57-59H,1,27-36,39-50H2,2-25H3,(H,82,100)(H,83,101)(H,84,107)(H,85,108)(H,86,106)(H,89,104)(H,90,105)(H3,87,91,93,95,97,102)(H3,88,92,94,96,98,103). The van der Waals surface area contributed by atoms with Crippen molar-refractivity contribution in [2.75, 3.05) is 89.4 Å². The van der Waals surface area contributed by atoms with Crippen molar-refractivity contribution in [3.63, 3.8) is 0 Å². The van der Waals surface area contributed by atoms with Gasteiger partial charge in [0.15, 0.2) is 6.10 Å². The molecule has 0 radical (unpaired) electrons. The number of nitrogens with zero attached hydrogens (tertiary/aromatic N) is 2. The van der Waals surface area contributed by atoms with Crippen LogP contribution in [0.1, 0.15) is 228 Å². The molecule has 0 spiro atoms. The van der Waals surface area contributed by atoms with Crippen molar-refractivity contribution in [1.29, 1.82) is 0 Å². The fourth-order valence-corrected chi connectivity index (χ4v) is 13.9. The molecule has 0 fully saturated rings. The van der Waals surface area contributed by atoms with Crippen molar-refractivity contribution in [3.8, 4) is 0 Å².